The fourth-order valence-corrected chi connectivity index (χ4v) is 4.11. The molecule has 3 amide bonds. The number of carbonyl (C=O) groups is 2. The van der Waals surface area contributed by atoms with E-state index >= 15 is 0 Å². The molecular weight excluding hydrogens is 447 g/mol. The lowest BCUT2D eigenvalue weighted by molar-refractivity contribution is 0.0174. The number of benzene rings is 2. The van der Waals surface area contributed by atoms with Gasteiger partial charge in [0.1, 0.15) is 17.2 Å². The molecule has 10 heteroatoms. The van der Waals surface area contributed by atoms with Gasteiger partial charge in [0, 0.05) is 31.9 Å². The molecule has 2 aromatic carbocycles. The van der Waals surface area contributed by atoms with Gasteiger partial charge in [0.2, 0.25) is 0 Å². The molecule has 0 atom stereocenters. The van der Waals surface area contributed by atoms with E-state index < -0.39 is 5.60 Å². The number of hydrogen-bond acceptors (Lipinski definition) is 6. The smallest absolute Gasteiger partial charge is 0.410 e. The third kappa shape index (κ3) is 5.89. The number of nitrogens with one attached hydrogen (secondary N) is 1. The standard InChI is InChI=1S/C23H25FN4O4S/c1-23(2,3)32-22(30)28-12-10-27(11-13-28)20(29)25-16-5-7-17(8-6-16)31-21-26-18-9-4-15(24)14-19(18)33-21/h4-9,14H,10-13H2,1-3H3,(H,25,29). The Morgan fingerprint density at radius 2 is 1.70 bits per heavy atom. The quantitative estimate of drug-likeness (QED) is 0.558. The van der Waals surface area contributed by atoms with Crippen LogP contribution in [0.25, 0.3) is 10.2 Å². The molecule has 0 unspecified atom stereocenters. The van der Waals surface area contributed by atoms with Crippen LogP contribution in [0.3, 0.4) is 0 Å². The molecule has 0 radical (unpaired) electrons. The molecule has 3 aromatic rings. The Morgan fingerprint density at radius 3 is 2.36 bits per heavy atom. The van der Waals surface area contributed by atoms with Crippen LogP contribution in [-0.2, 0) is 4.74 Å². The van der Waals surface area contributed by atoms with Crippen LogP contribution in [0.15, 0.2) is 42.5 Å². The maximum Gasteiger partial charge on any atom is 0.410 e. The second-order valence-corrected chi connectivity index (χ2v) is 9.60. The highest BCUT2D eigenvalue weighted by molar-refractivity contribution is 7.20. The second kappa shape index (κ2) is 9.22. The minimum atomic E-state index is -0.549. The summed E-state index contributed by atoms with van der Waals surface area (Å²) in [5.74, 6) is 0.238. The zero-order chi connectivity index (χ0) is 23.6. The Labute approximate surface area is 194 Å². The van der Waals surface area contributed by atoms with Crippen LogP contribution in [0.5, 0.6) is 10.9 Å². The highest BCUT2D eigenvalue weighted by Gasteiger charge is 2.27. The molecule has 1 aromatic heterocycles. The number of halogens is 1. The third-order valence-electron chi connectivity index (χ3n) is 4.86. The number of nitrogens with zero attached hydrogens (tertiary/aromatic N) is 3. The first-order valence-corrected chi connectivity index (χ1v) is 11.4. The molecule has 0 spiro atoms. The van der Waals surface area contributed by atoms with Gasteiger partial charge < -0.3 is 24.6 Å². The highest BCUT2D eigenvalue weighted by Crippen LogP contribution is 2.32. The van der Waals surface area contributed by atoms with Gasteiger partial charge in [-0.25, -0.2) is 19.0 Å². The lowest BCUT2D eigenvalue weighted by atomic mass is 10.2. The monoisotopic (exact) mass is 472 g/mol. The highest BCUT2D eigenvalue weighted by atomic mass is 32.1. The van der Waals surface area contributed by atoms with Gasteiger partial charge in [0.05, 0.1) is 10.2 Å². The number of anilines is 1. The van der Waals surface area contributed by atoms with Crippen LogP contribution in [-0.4, -0.2) is 58.7 Å². The summed E-state index contributed by atoms with van der Waals surface area (Å²) < 4.78 is 25.2. The van der Waals surface area contributed by atoms with Crippen molar-refractivity contribution in [1.82, 2.24) is 14.8 Å². The largest absolute Gasteiger partial charge is 0.444 e. The summed E-state index contributed by atoms with van der Waals surface area (Å²) in [5, 5.41) is 3.27. The fraction of sp³-hybridized carbons (Fsp3) is 0.348. The van der Waals surface area contributed by atoms with Crippen molar-refractivity contribution in [2.45, 2.75) is 26.4 Å². The van der Waals surface area contributed by atoms with Crippen LogP contribution in [0.1, 0.15) is 20.8 Å². The predicted molar refractivity (Wildman–Crippen MR) is 124 cm³/mol. The zero-order valence-corrected chi connectivity index (χ0v) is 19.4. The van der Waals surface area contributed by atoms with Gasteiger partial charge in [0.25, 0.3) is 5.19 Å². The van der Waals surface area contributed by atoms with Crippen molar-refractivity contribution < 1.29 is 23.5 Å². The number of piperazine rings is 1. The summed E-state index contributed by atoms with van der Waals surface area (Å²) in [5.41, 5.74) is 0.743. The van der Waals surface area contributed by atoms with E-state index in [1.165, 1.54) is 23.5 Å². The molecule has 174 valence electrons. The molecule has 1 N–H and O–H groups in total. The summed E-state index contributed by atoms with van der Waals surface area (Å²) in [4.78, 5) is 32.4. The topological polar surface area (TPSA) is 84.0 Å². The zero-order valence-electron chi connectivity index (χ0n) is 18.6. The summed E-state index contributed by atoms with van der Waals surface area (Å²) in [7, 11) is 0. The number of amides is 3. The predicted octanol–water partition coefficient (Wildman–Crippen LogP) is 5.31. The summed E-state index contributed by atoms with van der Waals surface area (Å²) >= 11 is 1.26. The SMILES string of the molecule is CC(C)(C)OC(=O)N1CCN(C(=O)Nc2ccc(Oc3nc4ccc(F)cc4s3)cc2)CC1. The number of thiazole rings is 1. The Morgan fingerprint density at radius 1 is 1.03 bits per heavy atom. The van der Waals surface area contributed by atoms with E-state index in [0.29, 0.717) is 53.0 Å². The molecule has 0 bridgehead atoms. The van der Waals surface area contributed by atoms with Crippen molar-refractivity contribution in [3.63, 3.8) is 0 Å². The fourth-order valence-electron chi connectivity index (χ4n) is 3.25. The lowest BCUT2D eigenvalue weighted by Gasteiger charge is -2.35. The molecule has 2 heterocycles. The Bertz CT molecular complexity index is 1150. The number of fused-ring (bicyclic) bond motifs is 1. The lowest BCUT2D eigenvalue weighted by Crippen LogP contribution is -2.52. The van der Waals surface area contributed by atoms with Crippen molar-refractivity contribution >= 4 is 39.4 Å². The molecule has 8 nitrogen and oxygen atoms in total. The normalized spacial score (nSPS) is 14.3. The third-order valence-corrected chi connectivity index (χ3v) is 5.76. The number of ether oxygens (including phenoxy) is 2. The minimum absolute atomic E-state index is 0.235. The van der Waals surface area contributed by atoms with Crippen molar-refractivity contribution in [2.24, 2.45) is 0 Å². The molecule has 1 aliphatic heterocycles. The molecule has 4 rings (SSSR count). The van der Waals surface area contributed by atoms with E-state index in [1.54, 1.807) is 40.1 Å². The summed E-state index contributed by atoms with van der Waals surface area (Å²) in [6.45, 7) is 7.15. The van der Waals surface area contributed by atoms with Gasteiger partial charge >= 0.3 is 12.1 Å². The van der Waals surface area contributed by atoms with Gasteiger partial charge in [-0.3, -0.25) is 0 Å². The van der Waals surface area contributed by atoms with Crippen molar-refractivity contribution in [3.8, 4) is 10.9 Å². The van der Waals surface area contributed by atoms with Crippen molar-refractivity contribution in [2.75, 3.05) is 31.5 Å². The molecule has 1 saturated heterocycles. The Hall–Kier alpha value is -3.40. The number of rotatable bonds is 3. The number of urea groups is 1. The van der Waals surface area contributed by atoms with Gasteiger partial charge in [-0.1, -0.05) is 11.3 Å². The number of carbonyl (C=O) groups excluding carboxylic acids is 2. The van der Waals surface area contributed by atoms with E-state index in [-0.39, 0.29) is 17.9 Å². The summed E-state index contributed by atoms with van der Waals surface area (Å²) in [6, 6.07) is 11.1. The molecule has 1 aliphatic rings. The number of aromatic nitrogens is 1. The Balaban J connectivity index is 1.29. The van der Waals surface area contributed by atoms with Crippen LogP contribution in [0, 0.1) is 5.82 Å². The van der Waals surface area contributed by atoms with Gasteiger partial charge in [0.15, 0.2) is 0 Å². The van der Waals surface area contributed by atoms with Crippen molar-refractivity contribution in [1.29, 1.82) is 0 Å². The van der Waals surface area contributed by atoms with Gasteiger partial charge in [-0.05, 0) is 63.2 Å². The second-order valence-electron chi connectivity index (χ2n) is 8.60. The Kier molecular flexibility index (Phi) is 6.37. The van der Waals surface area contributed by atoms with E-state index in [0.717, 1.165) is 0 Å². The van der Waals surface area contributed by atoms with Crippen LogP contribution < -0.4 is 10.1 Å². The minimum Gasteiger partial charge on any atom is -0.444 e. The first kappa shape index (κ1) is 22.8. The van der Waals surface area contributed by atoms with E-state index in [1.807, 2.05) is 20.8 Å². The summed E-state index contributed by atoms with van der Waals surface area (Å²) in [6.07, 6.45) is -0.364. The van der Waals surface area contributed by atoms with Crippen LogP contribution >= 0.6 is 11.3 Å². The molecule has 0 saturated carbocycles. The maximum absolute atomic E-state index is 13.3. The van der Waals surface area contributed by atoms with E-state index in [2.05, 4.69) is 10.3 Å². The van der Waals surface area contributed by atoms with Crippen molar-refractivity contribution in [3.05, 3.63) is 48.3 Å². The average Bonchev–Trinajstić information content (AvgIpc) is 3.15. The molecular formula is C23H25FN4O4S. The van der Waals surface area contributed by atoms with Crippen LogP contribution in [0.2, 0.25) is 0 Å². The molecule has 33 heavy (non-hydrogen) atoms. The average molecular weight is 473 g/mol. The van der Waals surface area contributed by atoms with Crippen LogP contribution in [0.4, 0.5) is 19.7 Å². The van der Waals surface area contributed by atoms with Gasteiger partial charge in [-0.2, -0.15) is 0 Å². The first-order valence-electron chi connectivity index (χ1n) is 10.5. The van der Waals surface area contributed by atoms with E-state index in [4.69, 9.17) is 9.47 Å². The first-order chi connectivity index (χ1) is 15.7. The maximum atomic E-state index is 13.3. The molecule has 0 aliphatic carbocycles. The van der Waals surface area contributed by atoms with Gasteiger partial charge in [-0.15, -0.1) is 0 Å². The van der Waals surface area contributed by atoms with E-state index in [9.17, 15) is 14.0 Å². The number of hydrogen-bond donors (Lipinski definition) is 1. The molecule has 1 fully saturated rings.